The van der Waals surface area contributed by atoms with E-state index < -0.39 is 0 Å². The number of amides is 1. The molecule has 140 valence electrons. The number of nitrogens with one attached hydrogen (secondary N) is 2. The van der Waals surface area contributed by atoms with E-state index in [1.54, 1.807) is 18.8 Å². The molecule has 5 nitrogen and oxygen atoms in total. The highest BCUT2D eigenvalue weighted by Crippen LogP contribution is 2.19. The molecule has 2 N–H and O–H groups in total. The van der Waals surface area contributed by atoms with Crippen LogP contribution in [-0.4, -0.2) is 55.7 Å². The first-order chi connectivity index (χ1) is 11.7. The van der Waals surface area contributed by atoms with E-state index in [9.17, 15) is 4.79 Å². The minimum Gasteiger partial charge on any atom is -0.356 e. The molecule has 0 spiro atoms. The second-order valence-electron chi connectivity index (χ2n) is 5.60. The van der Waals surface area contributed by atoms with Gasteiger partial charge in [0.05, 0.1) is 6.54 Å². The summed E-state index contributed by atoms with van der Waals surface area (Å²) in [5, 5.41) is 7.07. The number of halogens is 2. The fourth-order valence-electron chi connectivity index (χ4n) is 2.50. The normalized spacial score (nSPS) is 14.6. The summed E-state index contributed by atoms with van der Waals surface area (Å²) < 4.78 is 0. The van der Waals surface area contributed by atoms with Crippen molar-refractivity contribution in [2.75, 3.05) is 39.0 Å². The first kappa shape index (κ1) is 22.4. The Labute approximate surface area is 176 Å². The zero-order chi connectivity index (χ0) is 17.2. The molecule has 0 aliphatic carbocycles. The van der Waals surface area contributed by atoms with E-state index in [2.05, 4.69) is 15.6 Å². The molecule has 0 atom stereocenters. The molecule has 0 saturated carbocycles. The van der Waals surface area contributed by atoms with Gasteiger partial charge in [0, 0.05) is 42.4 Å². The van der Waals surface area contributed by atoms with Crippen molar-refractivity contribution in [1.82, 2.24) is 15.5 Å². The van der Waals surface area contributed by atoms with Crippen LogP contribution >= 0.6 is 47.3 Å². The predicted octanol–water partition coefficient (Wildman–Crippen LogP) is 3.23. The Balaban J connectivity index is 0.00000312. The van der Waals surface area contributed by atoms with Gasteiger partial charge in [-0.1, -0.05) is 11.6 Å². The Morgan fingerprint density at radius 2 is 1.88 bits per heavy atom. The molecule has 25 heavy (non-hydrogen) atoms. The molecule has 0 aromatic heterocycles. The van der Waals surface area contributed by atoms with Crippen molar-refractivity contribution >= 4 is 59.2 Å². The van der Waals surface area contributed by atoms with Crippen LogP contribution in [0.5, 0.6) is 0 Å². The van der Waals surface area contributed by atoms with Gasteiger partial charge >= 0.3 is 0 Å². The van der Waals surface area contributed by atoms with E-state index in [-0.39, 0.29) is 29.9 Å². The van der Waals surface area contributed by atoms with Crippen molar-refractivity contribution in [3.63, 3.8) is 0 Å². The highest BCUT2D eigenvalue weighted by atomic mass is 127. The second kappa shape index (κ2) is 12.6. The standard InChI is InChI=1S/C17H25ClN4OS.HI/c1-19-17(21-13-16(23)22-10-3-2-4-11-22)20-9-12-24-15-7-5-14(18)6-8-15;/h5-8H,2-4,9-13H2,1H3,(H2,19,20,21);1H. The summed E-state index contributed by atoms with van der Waals surface area (Å²) in [5.74, 6) is 1.72. The molecule has 2 rings (SSSR count). The number of hydrogen-bond donors (Lipinski definition) is 2. The largest absolute Gasteiger partial charge is 0.356 e. The van der Waals surface area contributed by atoms with Crippen molar-refractivity contribution in [1.29, 1.82) is 0 Å². The molecular formula is C17H26ClIN4OS. The minimum absolute atomic E-state index is 0. The fraction of sp³-hybridized carbons (Fsp3) is 0.529. The summed E-state index contributed by atoms with van der Waals surface area (Å²) in [6.07, 6.45) is 3.45. The van der Waals surface area contributed by atoms with Crippen LogP contribution in [0.25, 0.3) is 0 Å². The van der Waals surface area contributed by atoms with Gasteiger partial charge in [-0.3, -0.25) is 9.79 Å². The van der Waals surface area contributed by atoms with Gasteiger partial charge in [0.15, 0.2) is 5.96 Å². The summed E-state index contributed by atoms with van der Waals surface area (Å²) >= 11 is 7.62. The summed E-state index contributed by atoms with van der Waals surface area (Å²) in [7, 11) is 1.72. The van der Waals surface area contributed by atoms with Gasteiger partial charge in [0.2, 0.25) is 5.91 Å². The lowest BCUT2D eigenvalue weighted by atomic mass is 10.1. The minimum atomic E-state index is 0. The number of carbonyl (C=O) groups excluding carboxylic acids is 1. The van der Waals surface area contributed by atoms with E-state index >= 15 is 0 Å². The quantitative estimate of drug-likeness (QED) is 0.209. The van der Waals surface area contributed by atoms with Crippen LogP contribution in [0, 0.1) is 0 Å². The molecule has 0 bridgehead atoms. The van der Waals surface area contributed by atoms with Crippen molar-refractivity contribution in [3.05, 3.63) is 29.3 Å². The van der Waals surface area contributed by atoms with Crippen LogP contribution in [0.2, 0.25) is 5.02 Å². The Morgan fingerprint density at radius 3 is 2.52 bits per heavy atom. The van der Waals surface area contributed by atoms with Gasteiger partial charge in [-0.15, -0.1) is 35.7 Å². The monoisotopic (exact) mass is 496 g/mol. The van der Waals surface area contributed by atoms with Gasteiger partial charge in [-0.05, 0) is 43.5 Å². The smallest absolute Gasteiger partial charge is 0.241 e. The molecule has 1 heterocycles. The highest BCUT2D eigenvalue weighted by Gasteiger charge is 2.16. The molecule has 1 aromatic carbocycles. The maximum absolute atomic E-state index is 12.1. The van der Waals surface area contributed by atoms with Gasteiger partial charge in [-0.25, -0.2) is 0 Å². The average molecular weight is 497 g/mol. The topological polar surface area (TPSA) is 56.7 Å². The molecule has 8 heteroatoms. The van der Waals surface area contributed by atoms with Crippen molar-refractivity contribution < 1.29 is 4.79 Å². The lowest BCUT2D eigenvalue weighted by Gasteiger charge is -2.27. The molecule has 1 fully saturated rings. The summed E-state index contributed by atoms with van der Waals surface area (Å²) in [5.41, 5.74) is 0. The predicted molar refractivity (Wildman–Crippen MR) is 117 cm³/mol. The molecule has 0 unspecified atom stereocenters. The number of thioether (sulfide) groups is 1. The number of aliphatic imine (C=N–C) groups is 1. The van der Waals surface area contributed by atoms with Crippen molar-refractivity contribution in [2.24, 2.45) is 4.99 Å². The van der Waals surface area contributed by atoms with Gasteiger partial charge < -0.3 is 15.5 Å². The maximum atomic E-state index is 12.1. The molecule has 1 amide bonds. The van der Waals surface area contributed by atoms with Gasteiger partial charge in [0.1, 0.15) is 0 Å². The van der Waals surface area contributed by atoms with E-state index in [1.807, 2.05) is 29.2 Å². The molecular weight excluding hydrogens is 471 g/mol. The molecule has 1 aliphatic heterocycles. The molecule has 1 aliphatic rings. The number of guanidine groups is 1. The van der Waals surface area contributed by atoms with Crippen molar-refractivity contribution in [3.8, 4) is 0 Å². The third kappa shape index (κ3) is 8.50. The van der Waals surface area contributed by atoms with E-state index in [1.165, 1.54) is 11.3 Å². The SMILES string of the molecule is CN=C(NCCSc1ccc(Cl)cc1)NCC(=O)N1CCCCC1.I. The van der Waals surface area contributed by atoms with Crippen LogP contribution in [0.3, 0.4) is 0 Å². The first-order valence-corrected chi connectivity index (χ1v) is 9.66. The average Bonchev–Trinajstić information content (AvgIpc) is 2.63. The summed E-state index contributed by atoms with van der Waals surface area (Å²) in [6.45, 7) is 2.82. The molecule has 0 radical (unpaired) electrons. The lowest BCUT2D eigenvalue weighted by molar-refractivity contribution is -0.130. The van der Waals surface area contributed by atoms with E-state index in [4.69, 9.17) is 11.6 Å². The van der Waals surface area contributed by atoms with Gasteiger partial charge in [-0.2, -0.15) is 0 Å². The Kier molecular flexibility index (Phi) is 11.3. The highest BCUT2D eigenvalue weighted by molar-refractivity contribution is 14.0. The number of carbonyl (C=O) groups is 1. The zero-order valence-electron chi connectivity index (χ0n) is 14.5. The number of piperidine rings is 1. The van der Waals surface area contributed by atoms with E-state index in [0.29, 0.717) is 12.5 Å². The third-order valence-electron chi connectivity index (χ3n) is 3.82. The Bertz CT molecular complexity index is 550. The summed E-state index contributed by atoms with van der Waals surface area (Å²) in [6, 6.07) is 7.81. The zero-order valence-corrected chi connectivity index (χ0v) is 18.4. The number of rotatable bonds is 6. The van der Waals surface area contributed by atoms with Crippen LogP contribution in [0.4, 0.5) is 0 Å². The van der Waals surface area contributed by atoms with E-state index in [0.717, 1.165) is 43.3 Å². The Morgan fingerprint density at radius 1 is 1.20 bits per heavy atom. The number of likely N-dealkylation sites (tertiary alicyclic amines) is 1. The lowest BCUT2D eigenvalue weighted by Crippen LogP contribution is -2.46. The Hall–Kier alpha value is -0.670. The summed E-state index contributed by atoms with van der Waals surface area (Å²) in [4.78, 5) is 19.4. The molecule has 1 saturated heterocycles. The van der Waals surface area contributed by atoms with Gasteiger partial charge in [0.25, 0.3) is 0 Å². The van der Waals surface area contributed by atoms with Crippen molar-refractivity contribution in [2.45, 2.75) is 24.2 Å². The fourth-order valence-corrected chi connectivity index (χ4v) is 3.40. The van der Waals surface area contributed by atoms with Crippen LogP contribution in [-0.2, 0) is 4.79 Å². The number of nitrogens with zero attached hydrogens (tertiary/aromatic N) is 2. The number of benzene rings is 1. The molecule has 1 aromatic rings. The maximum Gasteiger partial charge on any atom is 0.241 e. The third-order valence-corrected chi connectivity index (χ3v) is 5.08. The van der Waals surface area contributed by atoms with Crippen LogP contribution in [0.1, 0.15) is 19.3 Å². The first-order valence-electron chi connectivity index (χ1n) is 8.29. The van der Waals surface area contributed by atoms with Crippen LogP contribution in [0.15, 0.2) is 34.2 Å². The number of hydrogen-bond acceptors (Lipinski definition) is 3. The second-order valence-corrected chi connectivity index (χ2v) is 7.20. The van der Waals surface area contributed by atoms with Crippen LogP contribution < -0.4 is 10.6 Å².